The van der Waals surface area contributed by atoms with Crippen molar-refractivity contribution in [1.82, 2.24) is 4.72 Å². The van der Waals surface area contributed by atoms with E-state index in [1.54, 1.807) is 24.3 Å². The first-order chi connectivity index (χ1) is 8.59. The Labute approximate surface area is 107 Å². The summed E-state index contributed by atoms with van der Waals surface area (Å²) in [6, 6.07) is 6.99. The molecule has 1 fully saturated rings. The van der Waals surface area contributed by atoms with Gasteiger partial charge in [0.2, 0.25) is 0 Å². The van der Waals surface area contributed by atoms with Gasteiger partial charge in [-0.05, 0) is 31.0 Å². The van der Waals surface area contributed by atoms with E-state index in [4.69, 9.17) is 5.73 Å². The zero-order chi connectivity index (χ0) is 13.0. The third-order valence-corrected chi connectivity index (χ3v) is 3.50. The summed E-state index contributed by atoms with van der Waals surface area (Å²) in [6.45, 7) is 0.277. The molecule has 5 nitrogen and oxygen atoms in total. The second-order valence-electron chi connectivity index (χ2n) is 4.08. The molecule has 6 heteroatoms. The maximum Gasteiger partial charge on any atom is 0.299 e. The Morgan fingerprint density at radius 3 is 2.83 bits per heavy atom. The zero-order valence-electron chi connectivity index (χ0n) is 9.81. The van der Waals surface area contributed by atoms with Crippen molar-refractivity contribution >= 4 is 15.9 Å². The normalized spacial score (nSPS) is 14.7. The zero-order valence-corrected chi connectivity index (χ0v) is 10.6. The third kappa shape index (κ3) is 4.04. The Kier molecular flexibility index (Phi) is 3.87. The van der Waals surface area contributed by atoms with Gasteiger partial charge in [-0.25, -0.2) is 0 Å². The Hall–Kier alpha value is -1.55. The van der Waals surface area contributed by atoms with Crippen molar-refractivity contribution in [2.45, 2.75) is 18.9 Å². The van der Waals surface area contributed by atoms with E-state index in [1.165, 1.54) is 0 Å². The maximum absolute atomic E-state index is 11.7. The van der Waals surface area contributed by atoms with Gasteiger partial charge in [-0.2, -0.15) is 13.1 Å². The number of nitrogens with two attached hydrogens (primary N) is 1. The van der Waals surface area contributed by atoms with E-state index < -0.39 is 10.2 Å². The maximum atomic E-state index is 11.7. The van der Waals surface area contributed by atoms with Gasteiger partial charge in [-0.15, -0.1) is 0 Å². The molecule has 0 aromatic heterocycles. The quantitative estimate of drug-likeness (QED) is 0.689. The molecule has 0 aliphatic heterocycles. The Morgan fingerprint density at radius 1 is 1.39 bits per heavy atom. The number of nitrogens with one attached hydrogen (secondary N) is 2. The van der Waals surface area contributed by atoms with Gasteiger partial charge in [0, 0.05) is 11.6 Å². The highest BCUT2D eigenvalue weighted by atomic mass is 32.2. The fraction of sp³-hybridized carbons (Fsp3) is 0.333. The van der Waals surface area contributed by atoms with E-state index in [2.05, 4.69) is 21.3 Å². The van der Waals surface area contributed by atoms with Crippen molar-refractivity contribution in [2.24, 2.45) is 5.73 Å². The van der Waals surface area contributed by atoms with E-state index in [0.717, 1.165) is 18.4 Å². The van der Waals surface area contributed by atoms with Gasteiger partial charge in [-0.1, -0.05) is 17.9 Å². The number of hydrogen-bond acceptors (Lipinski definition) is 3. The van der Waals surface area contributed by atoms with Crippen molar-refractivity contribution in [3.63, 3.8) is 0 Å². The number of benzene rings is 1. The molecule has 0 spiro atoms. The molecule has 0 bridgehead atoms. The number of hydrogen-bond donors (Lipinski definition) is 3. The van der Waals surface area contributed by atoms with E-state index in [9.17, 15) is 8.42 Å². The molecule has 18 heavy (non-hydrogen) atoms. The first-order valence-electron chi connectivity index (χ1n) is 5.68. The molecule has 2 rings (SSSR count). The lowest BCUT2D eigenvalue weighted by Gasteiger charge is -2.08. The van der Waals surface area contributed by atoms with Gasteiger partial charge in [0.15, 0.2) is 0 Å². The number of anilines is 1. The van der Waals surface area contributed by atoms with Crippen LogP contribution in [0.2, 0.25) is 0 Å². The van der Waals surface area contributed by atoms with E-state index >= 15 is 0 Å². The summed E-state index contributed by atoms with van der Waals surface area (Å²) in [7, 11) is -3.48. The van der Waals surface area contributed by atoms with Crippen LogP contribution in [-0.2, 0) is 10.2 Å². The molecule has 1 saturated carbocycles. The van der Waals surface area contributed by atoms with E-state index in [1.807, 2.05) is 0 Å². The minimum absolute atomic E-state index is 0.0858. The molecule has 1 aliphatic rings. The molecule has 0 radical (unpaired) electrons. The first kappa shape index (κ1) is 12.9. The number of rotatable bonds is 4. The summed E-state index contributed by atoms with van der Waals surface area (Å²) >= 11 is 0. The average molecular weight is 265 g/mol. The van der Waals surface area contributed by atoms with Crippen LogP contribution in [0.4, 0.5) is 5.69 Å². The molecule has 1 aliphatic carbocycles. The summed E-state index contributed by atoms with van der Waals surface area (Å²) in [5.41, 5.74) is 6.50. The highest BCUT2D eigenvalue weighted by Crippen LogP contribution is 2.20. The van der Waals surface area contributed by atoms with Crippen molar-refractivity contribution in [3.05, 3.63) is 29.8 Å². The van der Waals surface area contributed by atoms with Crippen LogP contribution in [0.1, 0.15) is 18.4 Å². The van der Waals surface area contributed by atoms with Crippen LogP contribution in [0.15, 0.2) is 24.3 Å². The van der Waals surface area contributed by atoms with Crippen molar-refractivity contribution < 1.29 is 8.42 Å². The molecule has 0 heterocycles. The van der Waals surface area contributed by atoms with Crippen molar-refractivity contribution in [3.8, 4) is 11.8 Å². The molecular formula is C12H15N3O2S. The first-order valence-corrected chi connectivity index (χ1v) is 7.16. The van der Waals surface area contributed by atoms with Gasteiger partial charge in [0.25, 0.3) is 10.2 Å². The molecule has 0 amide bonds. The summed E-state index contributed by atoms with van der Waals surface area (Å²) < 4.78 is 28.4. The summed E-state index contributed by atoms with van der Waals surface area (Å²) in [4.78, 5) is 0. The van der Waals surface area contributed by atoms with Gasteiger partial charge in [-0.3, -0.25) is 4.72 Å². The third-order valence-electron chi connectivity index (χ3n) is 2.35. The lowest BCUT2D eigenvalue weighted by molar-refractivity contribution is 0.586. The van der Waals surface area contributed by atoms with Crippen LogP contribution in [-0.4, -0.2) is 21.0 Å². The van der Waals surface area contributed by atoms with Gasteiger partial charge in [0.05, 0.1) is 12.2 Å². The van der Waals surface area contributed by atoms with Crippen LogP contribution in [0.3, 0.4) is 0 Å². The fourth-order valence-electron chi connectivity index (χ4n) is 1.42. The lowest BCUT2D eigenvalue weighted by atomic mass is 10.2. The smallest absolute Gasteiger partial charge is 0.299 e. The molecule has 0 atom stereocenters. The fourth-order valence-corrected chi connectivity index (χ4v) is 2.59. The van der Waals surface area contributed by atoms with E-state index in [0.29, 0.717) is 5.69 Å². The summed E-state index contributed by atoms with van der Waals surface area (Å²) in [6.07, 6.45) is 1.81. The molecule has 0 saturated heterocycles. The second-order valence-corrected chi connectivity index (χ2v) is 5.53. The van der Waals surface area contributed by atoms with Crippen LogP contribution >= 0.6 is 0 Å². The highest BCUT2D eigenvalue weighted by molar-refractivity contribution is 7.90. The monoisotopic (exact) mass is 265 g/mol. The van der Waals surface area contributed by atoms with Gasteiger partial charge >= 0.3 is 0 Å². The van der Waals surface area contributed by atoms with Gasteiger partial charge < -0.3 is 5.73 Å². The predicted molar refractivity (Wildman–Crippen MR) is 71.1 cm³/mol. The summed E-state index contributed by atoms with van der Waals surface area (Å²) in [5.74, 6) is 5.58. The van der Waals surface area contributed by atoms with Crippen LogP contribution in [0.25, 0.3) is 0 Å². The van der Waals surface area contributed by atoms with Crippen molar-refractivity contribution in [2.75, 3.05) is 11.3 Å². The molecule has 1 aromatic carbocycles. The Balaban J connectivity index is 2.08. The minimum atomic E-state index is -3.48. The second kappa shape index (κ2) is 5.40. The van der Waals surface area contributed by atoms with Crippen LogP contribution in [0.5, 0.6) is 0 Å². The minimum Gasteiger partial charge on any atom is -0.320 e. The largest absolute Gasteiger partial charge is 0.320 e. The van der Waals surface area contributed by atoms with Crippen LogP contribution < -0.4 is 15.2 Å². The van der Waals surface area contributed by atoms with Gasteiger partial charge in [0.1, 0.15) is 0 Å². The standard InChI is InChI=1S/C12H15N3O2S/c13-8-2-4-10-3-1-5-12(9-10)15-18(16,17)14-11-6-7-11/h1,3,5,9,11,14-15H,6-8,13H2. The van der Waals surface area contributed by atoms with Crippen LogP contribution in [0, 0.1) is 11.8 Å². The molecule has 1 aromatic rings. The SMILES string of the molecule is NCC#Cc1cccc(NS(=O)(=O)NC2CC2)c1. The molecule has 4 N–H and O–H groups in total. The Morgan fingerprint density at radius 2 is 2.17 bits per heavy atom. The lowest BCUT2D eigenvalue weighted by Crippen LogP contribution is -2.31. The van der Waals surface area contributed by atoms with E-state index in [-0.39, 0.29) is 12.6 Å². The molecule has 96 valence electrons. The summed E-state index contributed by atoms with van der Waals surface area (Å²) in [5, 5.41) is 0. The van der Waals surface area contributed by atoms with Crippen molar-refractivity contribution in [1.29, 1.82) is 0 Å². The molecular weight excluding hydrogens is 250 g/mol. The topological polar surface area (TPSA) is 84.2 Å². The molecule has 0 unspecified atom stereocenters. The highest BCUT2D eigenvalue weighted by Gasteiger charge is 2.26. The Bertz CT molecular complexity index is 583. The average Bonchev–Trinajstić information content (AvgIpc) is 3.09. The predicted octanol–water partition coefficient (Wildman–Crippen LogP) is 0.406.